The fourth-order valence-corrected chi connectivity index (χ4v) is 2.59. The van der Waals surface area contributed by atoms with Crippen LogP contribution in [-0.2, 0) is 17.5 Å². The molecule has 27 heavy (non-hydrogen) atoms. The normalized spacial score (nSPS) is 11.9. The van der Waals surface area contributed by atoms with E-state index in [0.29, 0.717) is 0 Å². The summed E-state index contributed by atoms with van der Waals surface area (Å²) in [5.41, 5.74) is -1.10. The van der Waals surface area contributed by atoms with Gasteiger partial charge >= 0.3 is 6.18 Å². The maximum absolute atomic E-state index is 12.9. The van der Waals surface area contributed by atoms with Gasteiger partial charge in [-0.25, -0.2) is 9.67 Å². The van der Waals surface area contributed by atoms with E-state index in [0.717, 1.165) is 21.4 Å². The second kappa shape index (κ2) is 6.86. The van der Waals surface area contributed by atoms with Gasteiger partial charge in [0.05, 0.1) is 17.4 Å². The third-order valence-corrected chi connectivity index (χ3v) is 3.74. The number of carbonyl (C=O) groups is 1. The molecule has 0 aliphatic rings. The van der Waals surface area contributed by atoms with Gasteiger partial charge in [0.15, 0.2) is 5.65 Å². The van der Waals surface area contributed by atoms with E-state index in [2.05, 4.69) is 15.4 Å². The largest absolute Gasteiger partial charge is 0.416 e. The van der Waals surface area contributed by atoms with Gasteiger partial charge in [0.2, 0.25) is 5.91 Å². The number of alkyl halides is 3. The van der Waals surface area contributed by atoms with E-state index in [4.69, 9.17) is 0 Å². The minimum atomic E-state index is -4.50. The second-order valence-corrected chi connectivity index (χ2v) is 6.24. The van der Waals surface area contributed by atoms with Gasteiger partial charge < -0.3 is 5.32 Å². The van der Waals surface area contributed by atoms with Crippen LogP contribution in [0.3, 0.4) is 0 Å². The third kappa shape index (κ3) is 3.83. The molecule has 7 nitrogen and oxygen atoms in total. The molecule has 142 valence electrons. The molecule has 0 spiro atoms. The number of carbonyl (C=O) groups excluding carboxylic acids is 1. The first-order valence-corrected chi connectivity index (χ1v) is 8.07. The number of nitrogens with one attached hydrogen (secondary N) is 1. The van der Waals surface area contributed by atoms with Gasteiger partial charge in [-0.1, -0.05) is 6.07 Å². The van der Waals surface area contributed by atoms with Crippen molar-refractivity contribution in [2.24, 2.45) is 0 Å². The second-order valence-electron chi connectivity index (χ2n) is 6.24. The zero-order chi connectivity index (χ0) is 19.8. The van der Waals surface area contributed by atoms with Crippen LogP contribution < -0.4 is 10.9 Å². The maximum atomic E-state index is 12.9. The lowest BCUT2D eigenvalue weighted by atomic mass is 10.2. The number of benzene rings is 1. The molecule has 1 N–H and O–H groups in total. The van der Waals surface area contributed by atoms with E-state index in [1.165, 1.54) is 24.7 Å². The van der Waals surface area contributed by atoms with Crippen LogP contribution in [0.15, 0.2) is 41.6 Å². The van der Waals surface area contributed by atoms with Crippen molar-refractivity contribution in [3.05, 3.63) is 52.7 Å². The highest BCUT2D eigenvalue weighted by Crippen LogP contribution is 2.30. The summed E-state index contributed by atoms with van der Waals surface area (Å²) in [5.74, 6) is -0.349. The molecule has 1 amide bonds. The van der Waals surface area contributed by atoms with Crippen LogP contribution in [0.2, 0.25) is 0 Å². The zero-order valence-corrected chi connectivity index (χ0v) is 14.5. The molecule has 0 bridgehead atoms. The minimum absolute atomic E-state index is 0.0754. The van der Waals surface area contributed by atoms with E-state index in [9.17, 15) is 22.8 Å². The summed E-state index contributed by atoms with van der Waals surface area (Å²) in [6.45, 7) is 3.37. The van der Waals surface area contributed by atoms with Crippen molar-refractivity contribution in [3.63, 3.8) is 0 Å². The highest BCUT2D eigenvalue weighted by Gasteiger charge is 2.30. The molecule has 2 aromatic heterocycles. The third-order valence-electron chi connectivity index (χ3n) is 3.74. The quantitative estimate of drug-likeness (QED) is 0.753. The molecule has 3 rings (SSSR count). The summed E-state index contributed by atoms with van der Waals surface area (Å²) in [4.78, 5) is 28.5. The van der Waals surface area contributed by atoms with Crippen LogP contribution in [0.4, 0.5) is 13.2 Å². The van der Waals surface area contributed by atoms with Crippen LogP contribution in [0.1, 0.15) is 19.4 Å². The first-order chi connectivity index (χ1) is 12.7. The first kappa shape index (κ1) is 18.6. The topological polar surface area (TPSA) is 81.8 Å². The Kier molecular flexibility index (Phi) is 4.73. The smallest absolute Gasteiger partial charge is 0.352 e. The Morgan fingerprint density at radius 2 is 2.04 bits per heavy atom. The lowest BCUT2D eigenvalue weighted by molar-refractivity contribution is -0.137. The molecule has 10 heteroatoms. The van der Waals surface area contributed by atoms with E-state index in [1.807, 2.05) is 0 Å². The molecule has 0 radical (unpaired) electrons. The molecule has 0 atom stereocenters. The Morgan fingerprint density at radius 1 is 1.30 bits per heavy atom. The number of amides is 1. The van der Waals surface area contributed by atoms with Crippen molar-refractivity contribution >= 4 is 16.9 Å². The molecule has 0 fully saturated rings. The first-order valence-electron chi connectivity index (χ1n) is 8.07. The highest BCUT2D eigenvalue weighted by molar-refractivity contribution is 5.78. The molecule has 0 unspecified atom stereocenters. The molecule has 1 aromatic carbocycles. The van der Waals surface area contributed by atoms with Crippen molar-refractivity contribution < 1.29 is 18.0 Å². The van der Waals surface area contributed by atoms with Crippen LogP contribution in [0.25, 0.3) is 16.7 Å². The number of rotatable bonds is 4. The summed E-state index contributed by atoms with van der Waals surface area (Å²) in [6.07, 6.45) is -2.10. The van der Waals surface area contributed by atoms with E-state index in [-0.39, 0.29) is 35.2 Å². The Bertz CT molecular complexity index is 1050. The number of aromatic nitrogens is 4. The average molecular weight is 379 g/mol. The number of nitrogens with zero attached hydrogens (tertiary/aromatic N) is 4. The van der Waals surface area contributed by atoms with E-state index in [1.54, 1.807) is 13.8 Å². The average Bonchev–Trinajstić information content (AvgIpc) is 3.01. The molecule has 0 saturated heterocycles. The maximum Gasteiger partial charge on any atom is 0.416 e. The Balaban J connectivity index is 2.00. The van der Waals surface area contributed by atoms with E-state index >= 15 is 0 Å². The van der Waals surface area contributed by atoms with Gasteiger partial charge in [-0.15, -0.1) is 0 Å². The number of fused-ring (bicyclic) bond motifs is 1. The standard InChI is InChI=1S/C17H16F3N5O2/c1-10(2)23-14(26)8-24-9-21-15-13(16(24)27)7-22-25(15)12-5-3-4-11(6-12)17(18,19)20/h3-7,9-10H,8H2,1-2H3,(H,23,26). The van der Waals surface area contributed by atoms with Crippen LogP contribution in [0.5, 0.6) is 0 Å². The van der Waals surface area contributed by atoms with Crippen molar-refractivity contribution in [2.45, 2.75) is 32.6 Å². The predicted octanol–water partition coefficient (Wildman–Crippen LogP) is 2.13. The van der Waals surface area contributed by atoms with Gasteiger partial charge in [-0.3, -0.25) is 14.2 Å². The van der Waals surface area contributed by atoms with Crippen molar-refractivity contribution in [1.82, 2.24) is 24.6 Å². The summed E-state index contributed by atoms with van der Waals surface area (Å²) in [6, 6.07) is 4.49. The monoisotopic (exact) mass is 379 g/mol. The fraction of sp³-hybridized carbons (Fsp3) is 0.294. The van der Waals surface area contributed by atoms with Crippen molar-refractivity contribution in [2.75, 3.05) is 0 Å². The van der Waals surface area contributed by atoms with Gasteiger partial charge in [0, 0.05) is 6.04 Å². The summed E-state index contributed by atoms with van der Waals surface area (Å²) < 4.78 is 41.0. The lowest BCUT2D eigenvalue weighted by Gasteiger charge is -2.10. The number of hydrogen-bond donors (Lipinski definition) is 1. The number of halogens is 3. The SMILES string of the molecule is CC(C)NC(=O)Cn1cnc2c(cnn2-c2cccc(C(F)(F)F)c2)c1=O. The molecule has 0 aliphatic carbocycles. The minimum Gasteiger partial charge on any atom is -0.352 e. The van der Waals surface area contributed by atoms with E-state index < -0.39 is 17.3 Å². The molecular weight excluding hydrogens is 363 g/mol. The Morgan fingerprint density at radius 3 is 2.70 bits per heavy atom. The predicted molar refractivity (Wildman–Crippen MR) is 91.4 cm³/mol. The molecule has 2 heterocycles. The molecule has 0 aliphatic heterocycles. The van der Waals surface area contributed by atoms with Gasteiger partial charge in [-0.2, -0.15) is 18.3 Å². The lowest BCUT2D eigenvalue weighted by Crippen LogP contribution is -2.36. The fourth-order valence-electron chi connectivity index (χ4n) is 2.59. The van der Waals surface area contributed by atoms with Crippen molar-refractivity contribution in [3.8, 4) is 5.69 Å². The summed E-state index contributed by atoms with van der Waals surface area (Å²) >= 11 is 0. The zero-order valence-electron chi connectivity index (χ0n) is 14.5. The van der Waals surface area contributed by atoms with Gasteiger partial charge in [0.25, 0.3) is 5.56 Å². The van der Waals surface area contributed by atoms with Crippen molar-refractivity contribution in [1.29, 1.82) is 0 Å². The van der Waals surface area contributed by atoms with Crippen LogP contribution >= 0.6 is 0 Å². The Hall–Kier alpha value is -3.17. The Labute approximate surface area is 151 Å². The summed E-state index contributed by atoms with van der Waals surface area (Å²) in [5, 5.41) is 6.76. The number of hydrogen-bond acceptors (Lipinski definition) is 4. The molecule has 3 aromatic rings. The highest BCUT2D eigenvalue weighted by atomic mass is 19.4. The van der Waals surface area contributed by atoms with Gasteiger partial charge in [-0.05, 0) is 32.0 Å². The van der Waals surface area contributed by atoms with Crippen LogP contribution in [-0.4, -0.2) is 31.3 Å². The molecule has 0 saturated carbocycles. The van der Waals surface area contributed by atoms with Crippen LogP contribution in [0, 0.1) is 0 Å². The molecular formula is C17H16F3N5O2. The van der Waals surface area contributed by atoms with Gasteiger partial charge in [0.1, 0.15) is 18.3 Å². The summed E-state index contributed by atoms with van der Waals surface area (Å²) in [7, 11) is 0.